The summed E-state index contributed by atoms with van der Waals surface area (Å²) in [6, 6.07) is 7.87. The van der Waals surface area contributed by atoms with Gasteiger partial charge in [-0.15, -0.1) is 0 Å². The van der Waals surface area contributed by atoms with E-state index in [0.717, 1.165) is 16.9 Å². The van der Waals surface area contributed by atoms with Gasteiger partial charge in [-0.1, -0.05) is 17.7 Å². The summed E-state index contributed by atoms with van der Waals surface area (Å²) in [6.07, 6.45) is 2.38. The van der Waals surface area contributed by atoms with Crippen molar-refractivity contribution in [1.82, 2.24) is 15.1 Å². The third-order valence-corrected chi connectivity index (χ3v) is 3.95. The van der Waals surface area contributed by atoms with Gasteiger partial charge >= 0.3 is 0 Å². The number of nitrogens with one attached hydrogen (secondary N) is 1. The van der Waals surface area contributed by atoms with Crippen LogP contribution in [0.2, 0.25) is 5.02 Å². The Kier molecular flexibility index (Phi) is 3.83. The van der Waals surface area contributed by atoms with Crippen molar-refractivity contribution in [1.29, 1.82) is 0 Å². The topological polar surface area (TPSA) is 46.9 Å². The molecule has 1 N–H and O–H groups in total. The zero-order chi connectivity index (χ0) is 15.0. The van der Waals surface area contributed by atoms with Crippen molar-refractivity contribution in [2.24, 2.45) is 0 Å². The van der Waals surface area contributed by atoms with E-state index < -0.39 is 0 Å². The quantitative estimate of drug-likeness (QED) is 0.945. The third-order valence-electron chi connectivity index (χ3n) is 3.71. The Morgan fingerprint density at radius 3 is 2.81 bits per heavy atom. The van der Waals surface area contributed by atoms with Crippen LogP contribution in [0.5, 0.6) is 0 Å². The van der Waals surface area contributed by atoms with E-state index in [1.165, 1.54) is 12.8 Å². The van der Waals surface area contributed by atoms with E-state index in [-0.39, 0.29) is 5.43 Å². The highest BCUT2D eigenvalue weighted by Crippen LogP contribution is 2.20. The van der Waals surface area contributed by atoms with Crippen LogP contribution < -0.4 is 10.7 Å². The van der Waals surface area contributed by atoms with Crippen LogP contribution in [-0.2, 0) is 6.54 Å². The number of rotatable bonds is 4. The summed E-state index contributed by atoms with van der Waals surface area (Å²) >= 11 is 6.09. The first-order valence-corrected chi connectivity index (χ1v) is 7.52. The molecular formula is C16H18ClN3O. The van der Waals surface area contributed by atoms with Gasteiger partial charge in [-0.05, 0) is 44.4 Å². The first kappa shape index (κ1) is 14.3. The van der Waals surface area contributed by atoms with E-state index in [1.54, 1.807) is 10.7 Å². The highest BCUT2D eigenvalue weighted by Gasteiger charge is 2.21. The fourth-order valence-corrected chi connectivity index (χ4v) is 2.45. The average Bonchev–Trinajstić information content (AvgIpc) is 3.25. The van der Waals surface area contributed by atoms with Gasteiger partial charge in [-0.25, -0.2) is 4.68 Å². The number of hydrogen-bond acceptors (Lipinski definition) is 3. The Labute approximate surface area is 128 Å². The lowest BCUT2D eigenvalue weighted by atomic mass is 10.2. The molecule has 1 aromatic heterocycles. The lowest BCUT2D eigenvalue weighted by Gasteiger charge is -2.14. The molecule has 0 radical (unpaired) electrons. The van der Waals surface area contributed by atoms with E-state index in [4.69, 9.17) is 11.6 Å². The van der Waals surface area contributed by atoms with Crippen LogP contribution in [0.4, 0.5) is 0 Å². The van der Waals surface area contributed by atoms with Crippen molar-refractivity contribution in [3.8, 4) is 5.69 Å². The van der Waals surface area contributed by atoms with Crippen LogP contribution in [0.25, 0.3) is 5.69 Å². The molecule has 21 heavy (non-hydrogen) atoms. The molecule has 0 bridgehead atoms. The second kappa shape index (κ2) is 5.62. The summed E-state index contributed by atoms with van der Waals surface area (Å²) in [5, 5.41) is 8.52. The number of hydrogen-bond donors (Lipinski definition) is 1. The van der Waals surface area contributed by atoms with E-state index in [1.807, 2.05) is 32.0 Å². The van der Waals surface area contributed by atoms with Crippen molar-refractivity contribution in [2.45, 2.75) is 39.3 Å². The Morgan fingerprint density at radius 2 is 2.10 bits per heavy atom. The number of halogens is 1. The first-order valence-electron chi connectivity index (χ1n) is 7.14. The molecule has 3 rings (SSSR count). The summed E-state index contributed by atoms with van der Waals surface area (Å²) in [4.78, 5) is 12.1. The third kappa shape index (κ3) is 3.17. The lowest BCUT2D eigenvalue weighted by molar-refractivity contribution is 0.641. The number of nitrogens with zero attached hydrogens (tertiary/aromatic N) is 2. The summed E-state index contributed by atoms with van der Waals surface area (Å²) < 4.78 is 1.80. The summed E-state index contributed by atoms with van der Waals surface area (Å²) in [6.45, 7) is 4.41. The minimum absolute atomic E-state index is 0.0171. The molecule has 1 aliphatic carbocycles. The number of aryl methyl sites for hydroxylation is 2. The molecule has 5 heteroatoms. The maximum absolute atomic E-state index is 12.1. The molecule has 2 aromatic rings. The van der Waals surface area contributed by atoms with Crippen LogP contribution in [0.3, 0.4) is 0 Å². The summed E-state index contributed by atoms with van der Waals surface area (Å²) in [7, 11) is 0. The fourth-order valence-electron chi connectivity index (χ4n) is 2.29. The molecule has 1 fully saturated rings. The maximum atomic E-state index is 12.1. The normalized spacial score (nSPS) is 14.4. The van der Waals surface area contributed by atoms with Crippen LogP contribution in [0.1, 0.15) is 29.8 Å². The van der Waals surface area contributed by atoms with Gasteiger partial charge in [0.2, 0.25) is 5.43 Å². The van der Waals surface area contributed by atoms with E-state index in [2.05, 4.69) is 10.4 Å². The molecule has 1 heterocycles. The Bertz CT molecular complexity index is 735. The van der Waals surface area contributed by atoms with Crippen LogP contribution in [0.15, 0.2) is 29.1 Å². The van der Waals surface area contributed by atoms with Crippen molar-refractivity contribution in [2.75, 3.05) is 0 Å². The largest absolute Gasteiger partial charge is 0.308 e. The highest BCUT2D eigenvalue weighted by atomic mass is 35.5. The van der Waals surface area contributed by atoms with Crippen LogP contribution in [-0.4, -0.2) is 15.8 Å². The van der Waals surface area contributed by atoms with Gasteiger partial charge in [0.25, 0.3) is 0 Å². The lowest BCUT2D eigenvalue weighted by Crippen LogP contribution is -2.25. The SMILES string of the molecule is Cc1ccc(Cl)cc1-n1nc(CNC2CC2)c(=O)cc1C. The predicted molar refractivity (Wildman–Crippen MR) is 84.2 cm³/mol. The standard InChI is InChI=1S/C16H18ClN3O/c1-10-3-4-12(17)8-15(10)20-11(2)7-16(21)14(19-20)9-18-13-5-6-13/h3-4,7-8,13,18H,5-6,9H2,1-2H3. The van der Waals surface area contributed by atoms with E-state index in [9.17, 15) is 4.79 Å². The number of aromatic nitrogens is 2. The predicted octanol–water partition coefficient (Wildman–Crippen LogP) is 2.75. The van der Waals surface area contributed by atoms with Crippen molar-refractivity contribution >= 4 is 11.6 Å². The van der Waals surface area contributed by atoms with Crippen LogP contribution in [0, 0.1) is 13.8 Å². The molecule has 1 saturated carbocycles. The van der Waals surface area contributed by atoms with Gasteiger partial charge in [0.15, 0.2) is 0 Å². The van der Waals surface area contributed by atoms with E-state index >= 15 is 0 Å². The van der Waals surface area contributed by atoms with Gasteiger partial charge in [0, 0.05) is 29.4 Å². The fraction of sp³-hybridized carbons (Fsp3) is 0.375. The zero-order valence-corrected chi connectivity index (χ0v) is 12.9. The molecule has 0 aliphatic heterocycles. The second-order valence-electron chi connectivity index (χ2n) is 5.59. The molecule has 1 aromatic carbocycles. The average molecular weight is 304 g/mol. The maximum Gasteiger partial charge on any atom is 0.204 e. The zero-order valence-electron chi connectivity index (χ0n) is 12.2. The Hall–Kier alpha value is -1.65. The van der Waals surface area contributed by atoms with Gasteiger partial charge in [-0.3, -0.25) is 4.79 Å². The molecule has 0 atom stereocenters. The summed E-state index contributed by atoms with van der Waals surface area (Å²) in [5.74, 6) is 0. The molecule has 1 aliphatic rings. The minimum Gasteiger partial charge on any atom is -0.308 e. The van der Waals surface area contributed by atoms with Gasteiger partial charge < -0.3 is 5.32 Å². The van der Waals surface area contributed by atoms with Gasteiger partial charge in [0.05, 0.1) is 5.69 Å². The van der Waals surface area contributed by atoms with Crippen molar-refractivity contribution in [3.63, 3.8) is 0 Å². The molecule has 0 saturated heterocycles. The molecule has 4 nitrogen and oxygen atoms in total. The van der Waals surface area contributed by atoms with Gasteiger partial charge in [-0.2, -0.15) is 5.10 Å². The van der Waals surface area contributed by atoms with Crippen molar-refractivity contribution < 1.29 is 0 Å². The molecule has 0 spiro atoms. The Balaban J connectivity index is 2.02. The molecule has 0 amide bonds. The second-order valence-corrected chi connectivity index (χ2v) is 6.03. The molecule has 110 valence electrons. The molecular weight excluding hydrogens is 286 g/mol. The van der Waals surface area contributed by atoms with Crippen LogP contribution >= 0.6 is 11.6 Å². The van der Waals surface area contributed by atoms with E-state index in [0.29, 0.717) is 23.3 Å². The smallest absolute Gasteiger partial charge is 0.204 e. The van der Waals surface area contributed by atoms with Gasteiger partial charge in [0.1, 0.15) is 5.69 Å². The summed E-state index contributed by atoms with van der Waals surface area (Å²) in [5.41, 5.74) is 3.32. The number of benzene rings is 1. The monoisotopic (exact) mass is 303 g/mol. The molecule has 0 unspecified atom stereocenters. The highest BCUT2D eigenvalue weighted by molar-refractivity contribution is 6.30. The Morgan fingerprint density at radius 1 is 1.33 bits per heavy atom. The minimum atomic E-state index is -0.0171. The first-order chi connectivity index (χ1) is 10.0. The van der Waals surface area contributed by atoms with Crippen molar-refractivity contribution in [3.05, 3.63) is 56.5 Å².